The van der Waals surface area contributed by atoms with Crippen molar-refractivity contribution in [2.24, 2.45) is 0 Å². The fourth-order valence-electron chi connectivity index (χ4n) is 1.52. The molecule has 0 aromatic heterocycles. The summed E-state index contributed by atoms with van der Waals surface area (Å²) in [6, 6.07) is 0. The maximum atomic E-state index is 9.52. The zero-order chi connectivity index (χ0) is 8.44. The fraction of sp³-hybridized carbons (Fsp3) is 1.00. The lowest BCUT2D eigenvalue weighted by Crippen LogP contribution is -2.34. The van der Waals surface area contributed by atoms with Gasteiger partial charge in [0.2, 0.25) is 0 Å². The van der Waals surface area contributed by atoms with E-state index >= 15 is 0 Å². The third-order valence-corrected chi connectivity index (χ3v) is 2.70. The molecule has 0 bridgehead atoms. The highest BCUT2D eigenvalue weighted by Crippen LogP contribution is 2.35. The number of piperidine rings is 1. The van der Waals surface area contributed by atoms with Crippen molar-refractivity contribution in [3.63, 3.8) is 0 Å². The van der Waals surface area contributed by atoms with Crippen molar-refractivity contribution in [2.45, 2.75) is 37.4 Å². The summed E-state index contributed by atoms with van der Waals surface area (Å²) in [5.41, 5.74) is -0.440. The Hall–Kier alpha value is -0.120. The smallest absolute Gasteiger partial charge is 0.0882 e. The third kappa shape index (κ3) is 2.19. The molecule has 0 atom stereocenters. The SMILES string of the molecule is OC1(COC2CCNCC2)CC1. The molecule has 0 amide bonds. The maximum absolute atomic E-state index is 9.52. The van der Waals surface area contributed by atoms with Crippen LogP contribution in [-0.2, 0) is 4.74 Å². The Morgan fingerprint density at radius 1 is 1.33 bits per heavy atom. The second-order valence-corrected chi connectivity index (χ2v) is 3.98. The molecule has 0 aromatic rings. The average Bonchev–Trinajstić information content (AvgIpc) is 2.84. The molecule has 12 heavy (non-hydrogen) atoms. The molecule has 1 aliphatic heterocycles. The minimum absolute atomic E-state index is 0.385. The highest BCUT2D eigenvalue weighted by Gasteiger charge is 2.41. The molecule has 0 aromatic carbocycles. The Morgan fingerprint density at radius 2 is 2.00 bits per heavy atom. The molecule has 3 heteroatoms. The molecule has 0 spiro atoms. The first-order chi connectivity index (χ1) is 5.79. The van der Waals surface area contributed by atoms with Crippen molar-refractivity contribution in [1.29, 1.82) is 0 Å². The van der Waals surface area contributed by atoms with E-state index in [1.54, 1.807) is 0 Å². The van der Waals surface area contributed by atoms with Gasteiger partial charge in [-0.1, -0.05) is 0 Å². The van der Waals surface area contributed by atoms with E-state index in [4.69, 9.17) is 4.74 Å². The van der Waals surface area contributed by atoms with Crippen molar-refractivity contribution in [3.05, 3.63) is 0 Å². The lowest BCUT2D eigenvalue weighted by Gasteiger charge is -2.24. The van der Waals surface area contributed by atoms with Crippen molar-refractivity contribution in [3.8, 4) is 0 Å². The summed E-state index contributed by atoms with van der Waals surface area (Å²) >= 11 is 0. The van der Waals surface area contributed by atoms with Gasteiger partial charge in [0.15, 0.2) is 0 Å². The van der Waals surface area contributed by atoms with Crippen molar-refractivity contribution < 1.29 is 9.84 Å². The largest absolute Gasteiger partial charge is 0.387 e. The second-order valence-electron chi connectivity index (χ2n) is 3.98. The average molecular weight is 171 g/mol. The Kier molecular flexibility index (Phi) is 2.35. The molecular formula is C9H17NO2. The molecule has 70 valence electrons. The van der Waals surface area contributed by atoms with Gasteiger partial charge in [-0.2, -0.15) is 0 Å². The van der Waals surface area contributed by atoms with E-state index in [9.17, 15) is 5.11 Å². The van der Waals surface area contributed by atoms with Crippen LogP contribution in [0.2, 0.25) is 0 Å². The lowest BCUT2D eigenvalue weighted by atomic mass is 10.1. The molecule has 2 N–H and O–H groups in total. The Morgan fingerprint density at radius 3 is 2.58 bits per heavy atom. The summed E-state index contributed by atoms with van der Waals surface area (Å²) in [7, 11) is 0. The molecule has 1 heterocycles. The zero-order valence-corrected chi connectivity index (χ0v) is 7.38. The van der Waals surface area contributed by atoms with E-state index in [-0.39, 0.29) is 0 Å². The minimum Gasteiger partial charge on any atom is -0.387 e. The number of rotatable bonds is 3. The van der Waals surface area contributed by atoms with Crippen LogP contribution in [0.3, 0.4) is 0 Å². The van der Waals surface area contributed by atoms with E-state index in [1.807, 2.05) is 0 Å². The topological polar surface area (TPSA) is 41.5 Å². The van der Waals surface area contributed by atoms with Crippen molar-refractivity contribution in [1.82, 2.24) is 5.32 Å². The van der Waals surface area contributed by atoms with Crippen LogP contribution in [0.4, 0.5) is 0 Å². The van der Waals surface area contributed by atoms with Gasteiger partial charge < -0.3 is 15.2 Å². The molecular weight excluding hydrogens is 154 g/mol. The molecule has 0 unspecified atom stereocenters. The van der Waals surface area contributed by atoms with Crippen LogP contribution in [0, 0.1) is 0 Å². The van der Waals surface area contributed by atoms with E-state index < -0.39 is 5.60 Å². The number of aliphatic hydroxyl groups is 1. The van der Waals surface area contributed by atoms with Gasteiger partial charge in [-0.3, -0.25) is 0 Å². The van der Waals surface area contributed by atoms with Crippen molar-refractivity contribution >= 4 is 0 Å². The first-order valence-electron chi connectivity index (χ1n) is 4.83. The minimum atomic E-state index is -0.440. The standard InChI is InChI=1S/C9H17NO2/c11-9(3-4-9)7-12-8-1-5-10-6-2-8/h8,10-11H,1-7H2. The highest BCUT2D eigenvalue weighted by molar-refractivity contribution is 4.93. The molecule has 2 rings (SSSR count). The molecule has 2 aliphatic rings. The van der Waals surface area contributed by atoms with E-state index in [1.165, 1.54) is 0 Å². The molecule has 1 saturated carbocycles. The Labute approximate surface area is 73.1 Å². The first-order valence-corrected chi connectivity index (χ1v) is 4.83. The van der Waals surface area contributed by atoms with Crippen LogP contribution in [0.1, 0.15) is 25.7 Å². The van der Waals surface area contributed by atoms with Gasteiger partial charge in [0.05, 0.1) is 18.3 Å². The number of nitrogens with one attached hydrogen (secondary N) is 1. The van der Waals surface area contributed by atoms with Gasteiger partial charge in [-0.15, -0.1) is 0 Å². The van der Waals surface area contributed by atoms with Gasteiger partial charge in [-0.25, -0.2) is 0 Å². The van der Waals surface area contributed by atoms with E-state index in [0.717, 1.165) is 38.8 Å². The van der Waals surface area contributed by atoms with Gasteiger partial charge in [0, 0.05) is 0 Å². The van der Waals surface area contributed by atoms with Gasteiger partial charge in [-0.05, 0) is 38.8 Å². The predicted molar refractivity (Wildman–Crippen MR) is 46.0 cm³/mol. The molecule has 1 aliphatic carbocycles. The van der Waals surface area contributed by atoms with Gasteiger partial charge in [0.25, 0.3) is 0 Å². The van der Waals surface area contributed by atoms with Crippen LogP contribution in [0.5, 0.6) is 0 Å². The summed E-state index contributed by atoms with van der Waals surface area (Å²) in [6.45, 7) is 2.67. The van der Waals surface area contributed by atoms with Crippen molar-refractivity contribution in [2.75, 3.05) is 19.7 Å². The number of hydrogen-bond donors (Lipinski definition) is 2. The summed E-state index contributed by atoms with van der Waals surface area (Å²) in [5, 5.41) is 12.8. The summed E-state index contributed by atoms with van der Waals surface area (Å²) in [5.74, 6) is 0. The number of hydrogen-bond acceptors (Lipinski definition) is 3. The quantitative estimate of drug-likeness (QED) is 0.641. The van der Waals surface area contributed by atoms with Gasteiger partial charge in [0.1, 0.15) is 0 Å². The monoisotopic (exact) mass is 171 g/mol. The normalized spacial score (nSPS) is 28.8. The fourth-order valence-corrected chi connectivity index (χ4v) is 1.52. The summed E-state index contributed by atoms with van der Waals surface area (Å²) in [6.07, 6.45) is 4.43. The zero-order valence-electron chi connectivity index (χ0n) is 7.38. The summed E-state index contributed by atoms with van der Waals surface area (Å²) in [4.78, 5) is 0. The van der Waals surface area contributed by atoms with Crippen LogP contribution in [-0.4, -0.2) is 36.5 Å². The predicted octanol–water partition coefficient (Wildman–Crippen LogP) is 0.280. The van der Waals surface area contributed by atoms with E-state index in [0.29, 0.717) is 12.7 Å². The van der Waals surface area contributed by atoms with Crippen LogP contribution >= 0.6 is 0 Å². The van der Waals surface area contributed by atoms with E-state index in [2.05, 4.69) is 5.32 Å². The first kappa shape index (κ1) is 8.48. The molecule has 2 fully saturated rings. The summed E-state index contributed by atoms with van der Waals surface area (Å²) < 4.78 is 5.62. The third-order valence-electron chi connectivity index (χ3n) is 2.70. The molecule has 0 radical (unpaired) electrons. The highest BCUT2D eigenvalue weighted by atomic mass is 16.5. The Bertz CT molecular complexity index is 151. The number of ether oxygens (including phenoxy) is 1. The van der Waals surface area contributed by atoms with Crippen LogP contribution in [0.15, 0.2) is 0 Å². The van der Waals surface area contributed by atoms with Crippen LogP contribution < -0.4 is 5.32 Å². The van der Waals surface area contributed by atoms with Crippen LogP contribution in [0.25, 0.3) is 0 Å². The Balaban J connectivity index is 1.65. The molecule has 3 nitrogen and oxygen atoms in total. The second kappa shape index (κ2) is 3.32. The lowest BCUT2D eigenvalue weighted by molar-refractivity contribution is -0.0317. The van der Waals surface area contributed by atoms with Gasteiger partial charge >= 0.3 is 0 Å². The molecule has 1 saturated heterocycles. The maximum Gasteiger partial charge on any atom is 0.0882 e.